The summed E-state index contributed by atoms with van der Waals surface area (Å²) in [4.78, 5) is 41.4. The van der Waals surface area contributed by atoms with Gasteiger partial charge in [-0.3, -0.25) is 14.5 Å². The van der Waals surface area contributed by atoms with E-state index in [1.54, 1.807) is 0 Å². The highest BCUT2D eigenvalue weighted by Gasteiger charge is 2.52. The first kappa shape index (κ1) is 26.7. The number of anilines is 1. The molecule has 9 nitrogen and oxygen atoms in total. The van der Waals surface area contributed by atoms with E-state index in [-0.39, 0.29) is 47.3 Å². The van der Waals surface area contributed by atoms with Crippen LogP contribution in [0.25, 0.3) is 0 Å². The molecule has 3 unspecified atom stereocenters. The minimum atomic E-state index is -0.224. The molecular formula is C30H35N5O4S. The maximum Gasteiger partial charge on any atom is 0.326 e. The number of amides is 4. The largest absolute Gasteiger partial charge is 0.457 e. The van der Waals surface area contributed by atoms with E-state index in [9.17, 15) is 14.4 Å². The number of carbonyl (C=O) groups excluding carboxylic acids is 3. The minimum Gasteiger partial charge on any atom is -0.457 e. The van der Waals surface area contributed by atoms with Gasteiger partial charge in [0.15, 0.2) is 0 Å². The van der Waals surface area contributed by atoms with E-state index in [4.69, 9.17) is 4.74 Å². The molecule has 4 amide bonds. The minimum absolute atomic E-state index is 0.00362. The van der Waals surface area contributed by atoms with Crippen LogP contribution in [-0.2, 0) is 9.59 Å². The fourth-order valence-corrected chi connectivity index (χ4v) is 7.86. The SMILES string of the molecule is CC(=O)N[C@H]1CCCC[C@H]1NC(=O)C1=C2NC(=O)N(c3ccc(Oc4ccccc4)cc3C)C3CCNC(S1)C23. The molecule has 6 rings (SSSR count). The van der Waals surface area contributed by atoms with Gasteiger partial charge in [-0.1, -0.05) is 42.8 Å². The lowest BCUT2D eigenvalue weighted by Gasteiger charge is -2.46. The van der Waals surface area contributed by atoms with Crippen LogP contribution in [0.15, 0.2) is 59.1 Å². The number of hydrogen-bond donors (Lipinski definition) is 4. The van der Waals surface area contributed by atoms with Crippen molar-refractivity contribution >= 4 is 35.3 Å². The first-order valence-corrected chi connectivity index (χ1v) is 14.9. The van der Waals surface area contributed by atoms with Gasteiger partial charge < -0.3 is 26.0 Å². The number of nitrogens with zero attached hydrogens (tertiary/aromatic N) is 1. The van der Waals surface area contributed by atoms with Gasteiger partial charge in [0.05, 0.1) is 16.3 Å². The summed E-state index contributed by atoms with van der Waals surface area (Å²) < 4.78 is 6.00. The van der Waals surface area contributed by atoms with E-state index in [0.717, 1.165) is 55.6 Å². The van der Waals surface area contributed by atoms with Crippen molar-refractivity contribution in [1.82, 2.24) is 21.3 Å². The average Bonchev–Trinajstić information content (AvgIpc) is 3.30. The van der Waals surface area contributed by atoms with Gasteiger partial charge in [0.2, 0.25) is 5.91 Å². The molecule has 0 spiro atoms. The maximum absolute atomic E-state index is 13.6. The second kappa shape index (κ2) is 11.2. The normalized spacial score (nSPS) is 27.5. The van der Waals surface area contributed by atoms with Gasteiger partial charge in [-0.15, -0.1) is 0 Å². The number of hydrogen-bond acceptors (Lipinski definition) is 6. The lowest BCUT2D eigenvalue weighted by atomic mass is 9.86. The zero-order valence-electron chi connectivity index (χ0n) is 22.7. The van der Waals surface area contributed by atoms with Crippen LogP contribution in [-0.4, -0.2) is 47.9 Å². The van der Waals surface area contributed by atoms with Crippen molar-refractivity contribution in [3.05, 3.63) is 64.7 Å². The van der Waals surface area contributed by atoms with E-state index >= 15 is 0 Å². The number of para-hydroxylation sites is 1. The van der Waals surface area contributed by atoms with Gasteiger partial charge in [-0.2, -0.15) is 0 Å². The third kappa shape index (κ3) is 5.17. The first-order chi connectivity index (χ1) is 19.4. The van der Waals surface area contributed by atoms with Crippen molar-refractivity contribution in [3.63, 3.8) is 0 Å². The number of rotatable bonds is 6. The molecule has 3 aliphatic heterocycles. The predicted octanol–water partition coefficient (Wildman–Crippen LogP) is 4.14. The van der Waals surface area contributed by atoms with Crippen LogP contribution in [0.1, 0.15) is 44.6 Å². The van der Waals surface area contributed by atoms with Gasteiger partial charge in [0, 0.05) is 36.3 Å². The molecule has 0 aromatic heterocycles. The lowest BCUT2D eigenvalue weighted by molar-refractivity contribution is -0.121. The Bertz CT molecular complexity index is 1350. The molecule has 4 aliphatic rings. The molecule has 3 heterocycles. The molecule has 210 valence electrons. The monoisotopic (exact) mass is 561 g/mol. The summed E-state index contributed by atoms with van der Waals surface area (Å²) in [5.74, 6) is 1.17. The van der Waals surface area contributed by atoms with Crippen molar-refractivity contribution in [2.75, 3.05) is 11.4 Å². The van der Waals surface area contributed by atoms with Crippen LogP contribution in [0.2, 0.25) is 0 Å². The number of aryl methyl sites for hydroxylation is 1. The van der Waals surface area contributed by atoms with Crippen LogP contribution in [0.3, 0.4) is 0 Å². The fourth-order valence-electron chi connectivity index (χ4n) is 6.46. The topological polar surface area (TPSA) is 112 Å². The molecular weight excluding hydrogens is 526 g/mol. The van der Waals surface area contributed by atoms with Gasteiger partial charge in [0.1, 0.15) is 11.5 Å². The zero-order valence-corrected chi connectivity index (χ0v) is 23.6. The summed E-state index contributed by atoms with van der Waals surface area (Å²) in [6.07, 6.45) is 4.48. The van der Waals surface area contributed by atoms with Gasteiger partial charge in [-0.25, -0.2) is 4.79 Å². The van der Waals surface area contributed by atoms with Crippen molar-refractivity contribution in [1.29, 1.82) is 0 Å². The van der Waals surface area contributed by atoms with Gasteiger partial charge in [0.25, 0.3) is 5.91 Å². The Morgan fingerprint density at radius 1 is 1.00 bits per heavy atom. The Labute approximate surface area is 238 Å². The molecule has 3 fully saturated rings. The van der Waals surface area contributed by atoms with E-state index in [2.05, 4.69) is 21.3 Å². The first-order valence-electron chi connectivity index (χ1n) is 14.0. The number of piperidine rings is 1. The number of nitrogens with one attached hydrogen (secondary N) is 4. The smallest absolute Gasteiger partial charge is 0.326 e. The van der Waals surface area contributed by atoms with E-state index < -0.39 is 0 Å². The molecule has 0 bridgehead atoms. The highest BCUT2D eigenvalue weighted by Crippen LogP contribution is 2.48. The van der Waals surface area contributed by atoms with Crippen LogP contribution < -0.4 is 30.9 Å². The molecule has 5 atom stereocenters. The molecule has 10 heteroatoms. The highest BCUT2D eigenvalue weighted by molar-refractivity contribution is 8.04. The van der Waals surface area contributed by atoms with Crippen LogP contribution in [0.5, 0.6) is 11.5 Å². The summed E-state index contributed by atoms with van der Waals surface area (Å²) in [5, 5.41) is 12.8. The number of urea groups is 1. The third-order valence-electron chi connectivity index (χ3n) is 8.23. The fraction of sp³-hybridized carbons (Fsp3) is 0.433. The Morgan fingerprint density at radius 2 is 1.75 bits per heavy atom. The van der Waals surface area contributed by atoms with Crippen LogP contribution >= 0.6 is 11.8 Å². The summed E-state index contributed by atoms with van der Waals surface area (Å²) in [7, 11) is 0. The standard InChI is InChI=1S/C30H35N5O4S/c1-17-16-20(39-19-8-4-3-5-9-19)12-13-23(17)35-24-14-15-31-29-25(24)26(34-30(35)38)27(40-29)28(37)33-22-11-7-6-10-21(22)32-18(2)36/h3-5,8-9,12-13,16,21-22,24-25,29,31H,6-7,10-11,14-15H2,1-2H3,(H,32,36)(H,33,37)(H,34,38)/t21-,22+,24?,25?,29?/m0/s1. The lowest BCUT2D eigenvalue weighted by Crippen LogP contribution is -2.62. The summed E-state index contributed by atoms with van der Waals surface area (Å²) in [6.45, 7) is 4.25. The number of benzene rings is 2. The molecule has 4 N–H and O–H groups in total. The Morgan fingerprint density at radius 3 is 2.48 bits per heavy atom. The van der Waals surface area contributed by atoms with Gasteiger partial charge in [-0.05, 0) is 68.6 Å². The highest BCUT2D eigenvalue weighted by atomic mass is 32.2. The molecule has 40 heavy (non-hydrogen) atoms. The summed E-state index contributed by atoms with van der Waals surface area (Å²) in [5.41, 5.74) is 2.49. The van der Waals surface area contributed by atoms with Crippen molar-refractivity contribution < 1.29 is 19.1 Å². The quantitative estimate of drug-likeness (QED) is 0.422. The Balaban J connectivity index is 1.23. The molecule has 0 radical (unpaired) electrons. The predicted molar refractivity (Wildman–Crippen MR) is 155 cm³/mol. The Kier molecular flexibility index (Phi) is 7.46. The summed E-state index contributed by atoms with van der Waals surface area (Å²) >= 11 is 1.50. The van der Waals surface area contributed by atoms with Crippen LogP contribution in [0, 0.1) is 12.8 Å². The summed E-state index contributed by atoms with van der Waals surface area (Å²) in [6, 6.07) is 14.9. The zero-order chi connectivity index (χ0) is 27.8. The van der Waals surface area contributed by atoms with Crippen LogP contribution in [0.4, 0.5) is 10.5 Å². The van der Waals surface area contributed by atoms with E-state index in [1.165, 1.54) is 18.7 Å². The third-order valence-corrected chi connectivity index (χ3v) is 9.58. The van der Waals surface area contributed by atoms with Crippen molar-refractivity contribution in [2.45, 2.75) is 69.5 Å². The van der Waals surface area contributed by atoms with Crippen molar-refractivity contribution in [3.8, 4) is 11.5 Å². The van der Waals surface area contributed by atoms with E-state index in [1.807, 2.05) is 60.4 Å². The number of thioether (sulfide) groups is 1. The van der Waals surface area contributed by atoms with Crippen molar-refractivity contribution in [2.24, 2.45) is 5.92 Å². The Hall–Kier alpha value is -3.50. The second-order valence-corrected chi connectivity index (χ2v) is 12.1. The molecule has 1 saturated carbocycles. The number of carbonyl (C=O) groups is 3. The maximum atomic E-state index is 13.6. The average molecular weight is 562 g/mol. The second-order valence-electron chi connectivity index (χ2n) is 11.0. The molecule has 1 aliphatic carbocycles. The van der Waals surface area contributed by atoms with Gasteiger partial charge >= 0.3 is 6.03 Å². The molecule has 2 saturated heterocycles. The van der Waals surface area contributed by atoms with E-state index in [0.29, 0.717) is 16.4 Å². The number of ether oxygens (including phenoxy) is 1. The molecule has 2 aromatic carbocycles. The molecule has 2 aromatic rings.